The van der Waals surface area contributed by atoms with Gasteiger partial charge < -0.3 is 0 Å². The normalized spacial score (nSPS) is 11.7. The van der Waals surface area contributed by atoms with E-state index in [1.54, 1.807) is 0 Å². The van der Waals surface area contributed by atoms with Gasteiger partial charge in [-0.05, 0) is 31.0 Å². The Hall–Kier alpha value is -0.530. The summed E-state index contributed by atoms with van der Waals surface area (Å²) in [6, 6.07) is 2.50. The van der Waals surface area contributed by atoms with E-state index in [0.717, 1.165) is 23.9 Å². The summed E-state index contributed by atoms with van der Waals surface area (Å²) in [5.74, 6) is -2.24. The molecule has 0 unspecified atom stereocenters. The van der Waals surface area contributed by atoms with E-state index in [1.165, 1.54) is 0 Å². The van der Waals surface area contributed by atoms with Crippen LogP contribution >= 0.6 is 15.9 Å². The molecule has 0 atom stereocenters. The van der Waals surface area contributed by atoms with Crippen molar-refractivity contribution < 1.29 is 17.2 Å². The highest BCUT2D eigenvalue weighted by atomic mass is 79.9. The molecular formula is C10H12BrF2NO2S. The first kappa shape index (κ1) is 14.5. The minimum absolute atomic E-state index is 0.268. The van der Waals surface area contributed by atoms with Crippen LogP contribution in [0.15, 0.2) is 23.1 Å². The molecule has 0 fully saturated rings. The summed E-state index contributed by atoms with van der Waals surface area (Å²) in [5, 5.41) is 0.792. The summed E-state index contributed by atoms with van der Waals surface area (Å²) in [5.41, 5.74) is 0. The van der Waals surface area contributed by atoms with Gasteiger partial charge in [-0.15, -0.1) is 0 Å². The standard InChI is InChI=1S/C10H12BrF2NO2S/c11-5-1-2-6-14-17(15,16)8-3-4-9(12)10(13)7-8/h3-4,7,14H,1-2,5-6H2. The average molecular weight is 328 g/mol. The number of benzene rings is 1. The first-order chi connectivity index (χ1) is 7.97. The third-order valence-electron chi connectivity index (χ3n) is 2.05. The van der Waals surface area contributed by atoms with E-state index in [4.69, 9.17) is 0 Å². The molecular weight excluding hydrogens is 316 g/mol. The molecule has 0 aromatic heterocycles. The molecule has 1 aromatic carbocycles. The van der Waals surface area contributed by atoms with Gasteiger partial charge in [0.2, 0.25) is 10.0 Å². The van der Waals surface area contributed by atoms with Gasteiger partial charge in [0, 0.05) is 11.9 Å². The Kier molecular flexibility index (Phi) is 5.48. The number of sulfonamides is 1. The van der Waals surface area contributed by atoms with Crippen molar-refractivity contribution in [3.05, 3.63) is 29.8 Å². The van der Waals surface area contributed by atoms with E-state index in [2.05, 4.69) is 20.7 Å². The molecule has 3 nitrogen and oxygen atoms in total. The van der Waals surface area contributed by atoms with Crippen molar-refractivity contribution in [2.24, 2.45) is 0 Å². The van der Waals surface area contributed by atoms with Crippen LogP contribution < -0.4 is 4.72 Å². The van der Waals surface area contributed by atoms with Gasteiger partial charge in [0.15, 0.2) is 11.6 Å². The van der Waals surface area contributed by atoms with Gasteiger partial charge in [-0.25, -0.2) is 21.9 Å². The summed E-state index contributed by atoms with van der Waals surface area (Å²) in [4.78, 5) is -0.268. The minimum atomic E-state index is -3.75. The topological polar surface area (TPSA) is 46.2 Å². The van der Waals surface area contributed by atoms with Gasteiger partial charge in [-0.1, -0.05) is 15.9 Å². The zero-order valence-electron chi connectivity index (χ0n) is 8.92. The summed E-state index contributed by atoms with van der Waals surface area (Å²) in [6.07, 6.45) is 1.51. The van der Waals surface area contributed by atoms with Gasteiger partial charge in [0.05, 0.1) is 4.90 Å². The molecule has 17 heavy (non-hydrogen) atoms. The molecule has 0 saturated heterocycles. The lowest BCUT2D eigenvalue weighted by Gasteiger charge is -2.06. The van der Waals surface area contributed by atoms with E-state index in [1.807, 2.05) is 0 Å². The Labute approximate surface area is 107 Å². The number of rotatable bonds is 6. The van der Waals surface area contributed by atoms with Crippen molar-refractivity contribution in [2.45, 2.75) is 17.7 Å². The van der Waals surface area contributed by atoms with Crippen LogP contribution in [0.5, 0.6) is 0 Å². The number of alkyl halides is 1. The molecule has 0 radical (unpaired) electrons. The number of hydrogen-bond donors (Lipinski definition) is 1. The highest BCUT2D eigenvalue weighted by Crippen LogP contribution is 2.13. The molecule has 7 heteroatoms. The SMILES string of the molecule is O=S(=O)(NCCCCBr)c1ccc(F)c(F)c1. The van der Waals surface area contributed by atoms with Crippen molar-refractivity contribution in [2.75, 3.05) is 11.9 Å². The van der Waals surface area contributed by atoms with Crippen LogP contribution in [-0.4, -0.2) is 20.3 Å². The monoisotopic (exact) mass is 327 g/mol. The first-order valence-corrected chi connectivity index (χ1v) is 7.58. The maximum Gasteiger partial charge on any atom is 0.240 e. The van der Waals surface area contributed by atoms with Crippen LogP contribution in [0.3, 0.4) is 0 Å². The molecule has 96 valence electrons. The lowest BCUT2D eigenvalue weighted by atomic mass is 10.3. The third-order valence-corrected chi connectivity index (χ3v) is 4.07. The number of halogens is 3. The van der Waals surface area contributed by atoms with Gasteiger partial charge in [-0.2, -0.15) is 0 Å². The van der Waals surface area contributed by atoms with E-state index in [9.17, 15) is 17.2 Å². The van der Waals surface area contributed by atoms with Crippen molar-refractivity contribution in [1.82, 2.24) is 4.72 Å². The van der Waals surface area contributed by atoms with Gasteiger partial charge in [0.1, 0.15) is 0 Å². The average Bonchev–Trinajstić information content (AvgIpc) is 2.28. The van der Waals surface area contributed by atoms with Gasteiger partial charge in [0.25, 0.3) is 0 Å². The van der Waals surface area contributed by atoms with E-state index < -0.39 is 21.7 Å². The molecule has 0 aliphatic carbocycles. The maximum absolute atomic E-state index is 12.9. The zero-order chi connectivity index (χ0) is 12.9. The minimum Gasteiger partial charge on any atom is -0.211 e. The summed E-state index contributed by atoms with van der Waals surface area (Å²) >= 11 is 3.22. The molecule has 1 N–H and O–H groups in total. The highest BCUT2D eigenvalue weighted by molar-refractivity contribution is 9.09. The Morgan fingerprint density at radius 2 is 1.88 bits per heavy atom. The van der Waals surface area contributed by atoms with Crippen LogP contribution in [0.1, 0.15) is 12.8 Å². The maximum atomic E-state index is 12.9. The van der Waals surface area contributed by atoms with E-state index in [0.29, 0.717) is 12.5 Å². The predicted molar refractivity (Wildman–Crippen MR) is 64.6 cm³/mol. The predicted octanol–water partition coefficient (Wildman–Crippen LogP) is 2.42. The first-order valence-electron chi connectivity index (χ1n) is 4.98. The molecule has 0 bridgehead atoms. The lowest BCUT2D eigenvalue weighted by molar-refractivity contribution is 0.504. The van der Waals surface area contributed by atoms with Crippen LogP contribution in [0.4, 0.5) is 8.78 Å². The van der Waals surface area contributed by atoms with Crippen LogP contribution in [0, 0.1) is 11.6 Å². The zero-order valence-corrected chi connectivity index (χ0v) is 11.3. The van der Waals surface area contributed by atoms with Crippen LogP contribution in [0.25, 0.3) is 0 Å². The molecule has 0 spiro atoms. The highest BCUT2D eigenvalue weighted by Gasteiger charge is 2.15. The second-order valence-corrected chi connectivity index (χ2v) is 5.93. The van der Waals surface area contributed by atoms with Crippen molar-refractivity contribution in [3.8, 4) is 0 Å². The summed E-state index contributed by atoms with van der Waals surface area (Å²) in [6.45, 7) is 0.271. The molecule has 1 rings (SSSR count). The fourth-order valence-corrected chi connectivity index (χ4v) is 2.64. The van der Waals surface area contributed by atoms with E-state index >= 15 is 0 Å². The van der Waals surface area contributed by atoms with E-state index in [-0.39, 0.29) is 11.4 Å². The Morgan fingerprint density at radius 1 is 1.18 bits per heavy atom. The second-order valence-electron chi connectivity index (χ2n) is 3.37. The number of hydrogen-bond acceptors (Lipinski definition) is 2. The molecule has 0 amide bonds. The van der Waals surface area contributed by atoms with Crippen LogP contribution in [0.2, 0.25) is 0 Å². The third kappa shape index (κ3) is 4.33. The smallest absolute Gasteiger partial charge is 0.211 e. The Balaban J connectivity index is 2.72. The van der Waals surface area contributed by atoms with Gasteiger partial charge >= 0.3 is 0 Å². The summed E-state index contributed by atoms with van der Waals surface area (Å²) < 4.78 is 51.1. The molecule has 1 aromatic rings. The molecule has 0 aliphatic heterocycles. The quantitative estimate of drug-likeness (QED) is 0.644. The van der Waals surface area contributed by atoms with Gasteiger partial charge in [-0.3, -0.25) is 0 Å². The number of unbranched alkanes of at least 4 members (excludes halogenated alkanes) is 1. The van der Waals surface area contributed by atoms with Crippen LogP contribution in [-0.2, 0) is 10.0 Å². The van der Waals surface area contributed by atoms with Crippen molar-refractivity contribution in [1.29, 1.82) is 0 Å². The Bertz CT molecular complexity index is 479. The van der Waals surface area contributed by atoms with Crippen molar-refractivity contribution >= 4 is 26.0 Å². The Morgan fingerprint density at radius 3 is 2.47 bits per heavy atom. The molecule has 0 heterocycles. The molecule has 0 saturated carbocycles. The van der Waals surface area contributed by atoms with Crippen molar-refractivity contribution in [3.63, 3.8) is 0 Å². The summed E-state index contributed by atoms with van der Waals surface area (Å²) in [7, 11) is -3.75. The lowest BCUT2D eigenvalue weighted by Crippen LogP contribution is -2.25. The fraction of sp³-hybridized carbons (Fsp3) is 0.400. The largest absolute Gasteiger partial charge is 0.240 e. The second kappa shape index (κ2) is 6.42. The molecule has 0 aliphatic rings. The fourth-order valence-electron chi connectivity index (χ4n) is 1.15. The number of nitrogens with one attached hydrogen (secondary N) is 1.